The van der Waals surface area contributed by atoms with Gasteiger partial charge in [0.25, 0.3) is 0 Å². The van der Waals surface area contributed by atoms with Crippen molar-refractivity contribution in [3.05, 3.63) is 72.9 Å². The molecular formula is C47H82NO8P. The van der Waals surface area contributed by atoms with Crippen molar-refractivity contribution in [2.24, 2.45) is 5.73 Å². The Labute approximate surface area is 348 Å². The number of nitrogens with two attached hydrogens (primary N) is 1. The van der Waals surface area contributed by atoms with Crippen LogP contribution in [0.3, 0.4) is 0 Å². The van der Waals surface area contributed by atoms with Crippen molar-refractivity contribution >= 4 is 19.8 Å². The number of hydrogen-bond acceptors (Lipinski definition) is 8. The van der Waals surface area contributed by atoms with Gasteiger partial charge in [0, 0.05) is 19.4 Å². The van der Waals surface area contributed by atoms with Gasteiger partial charge in [-0.1, -0.05) is 164 Å². The van der Waals surface area contributed by atoms with E-state index in [-0.39, 0.29) is 32.6 Å². The lowest BCUT2D eigenvalue weighted by Crippen LogP contribution is -2.29. The van der Waals surface area contributed by atoms with Crippen molar-refractivity contribution < 1.29 is 37.6 Å². The van der Waals surface area contributed by atoms with Crippen LogP contribution in [0, 0.1) is 0 Å². The largest absolute Gasteiger partial charge is 0.472 e. The summed E-state index contributed by atoms with van der Waals surface area (Å²) >= 11 is 0. The molecule has 0 radical (unpaired) electrons. The minimum absolute atomic E-state index is 0.0410. The number of phosphoric acid groups is 1. The Kier molecular flexibility index (Phi) is 41.1. The molecule has 57 heavy (non-hydrogen) atoms. The number of phosphoric ester groups is 1. The predicted molar refractivity (Wildman–Crippen MR) is 238 cm³/mol. The fraction of sp³-hybridized carbons (Fsp3) is 0.702. The Morgan fingerprint density at radius 1 is 0.544 bits per heavy atom. The summed E-state index contributed by atoms with van der Waals surface area (Å²) in [6.45, 7) is 3.54. The normalized spacial score (nSPS) is 14.0. The van der Waals surface area contributed by atoms with Gasteiger partial charge in [0.2, 0.25) is 0 Å². The lowest BCUT2D eigenvalue weighted by Gasteiger charge is -2.19. The smallest absolute Gasteiger partial charge is 0.462 e. The first kappa shape index (κ1) is 54.5. The van der Waals surface area contributed by atoms with Gasteiger partial charge in [0.1, 0.15) is 6.61 Å². The van der Waals surface area contributed by atoms with Crippen LogP contribution in [-0.2, 0) is 32.7 Å². The zero-order chi connectivity index (χ0) is 41.8. The molecular weight excluding hydrogens is 737 g/mol. The van der Waals surface area contributed by atoms with Crippen molar-refractivity contribution in [1.82, 2.24) is 0 Å². The van der Waals surface area contributed by atoms with E-state index in [9.17, 15) is 19.0 Å². The van der Waals surface area contributed by atoms with Crippen LogP contribution in [0.5, 0.6) is 0 Å². The number of allylic oxidation sites excluding steroid dienone is 12. The SMILES string of the molecule is CC/C=C\C/C=C\C/C=C\C/C=C\C/C=C\CCCC(=O)OC(COC(=O)CCCCCCCCCCC/C=C\CCCCCCCC)COP(=O)(O)OCCN. The van der Waals surface area contributed by atoms with Crippen LogP contribution >= 0.6 is 7.82 Å². The average molecular weight is 820 g/mol. The second kappa shape index (κ2) is 43.0. The number of carbonyl (C=O) groups is 2. The van der Waals surface area contributed by atoms with E-state index in [1.807, 2.05) is 6.08 Å². The second-order valence-electron chi connectivity index (χ2n) is 14.5. The number of hydrogen-bond donors (Lipinski definition) is 2. The van der Waals surface area contributed by atoms with Crippen LogP contribution in [0.4, 0.5) is 0 Å². The summed E-state index contributed by atoms with van der Waals surface area (Å²) in [5.74, 6) is -0.902. The molecule has 0 bridgehead atoms. The third-order valence-electron chi connectivity index (χ3n) is 9.08. The first-order valence-electron chi connectivity index (χ1n) is 22.4. The number of rotatable bonds is 41. The quantitative estimate of drug-likeness (QED) is 0.0267. The summed E-state index contributed by atoms with van der Waals surface area (Å²) in [5, 5.41) is 0. The Morgan fingerprint density at radius 3 is 1.51 bits per heavy atom. The highest BCUT2D eigenvalue weighted by Gasteiger charge is 2.25. The Balaban J connectivity index is 4.22. The van der Waals surface area contributed by atoms with Gasteiger partial charge in [-0.3, -0.25) is 18.6 Å². The van der Waals surface area contributed by atoms with Crippen LogP contribution in [0.1, 0.15) is 181 Å². The van der Waals surface area contributed by atoms with E-state index in [0.717, 1.165) is 57.8 Å². The maximum absolute atomic E-state index is 12.6. The molecule has 0 fully saturated rings. The Bertz CT molecular complexity index is 1160. The van der Waals surface area contributed by atoms with Crippen molar-refractivity contribution in [2.75, 3.05) is 26.4 Å². The summed E-state index contributed by atoms with van der Waals surface area (Å²) in [6.07, 6.45) is 52.3. The molecule has 2 unspecified atom stereocenters. The van der Waals surface area contributed by atoms with Crippen LogP contribution in [0.2, 0.25) is 0 Å². The van der Waals surface area contributed by atoms with Crippen molar-refractivity contribution in [3.8, 4) is 0 Å². The molecule has 0 aliphatic heterocycles. The Hall–Kier alpha value is -2.55. The second-order valence-corrected chi connectivity index (χ2v) is 16.0. The van der Waals surface area contributed by atoms with Gasteiger partial charge >= 0.3 is 19.8 Å². The molecule has 0 aromatic carbocycles. The van der Waals surface area contributed by atoms with E-state index in [0.29, 0.717) is 12.8 Å². The van der Waals surface area contributed by atoms with E-state index in [1.165, 1.54) is 83.5 Å². The van der Waals surface area contributed by atoms with E-state index >= 15 is 0 Å². The number of carbonyl (C=O) groups excluding carboxylic acids is 2. The minimum Gasteiger partial charge on any atom is -0.462 e. The molecule has 0 amide bonds. The van der Waals surface area contributed by atoms with Gasteiger partial charge in [-0.15, -0.1) is 0 Å². The fourth-order valence-electron chi connectivity index (χ4n) is 5.78. The Morgan fingerprint density at radius 2 is 0.982 bits per heavy atom. The van der Waals surface area contributed by atoms with Crippen LogP contribution in [0.25, 0.3) is 0 Å². The molecule has 0 aromatic heterocycles. The summed E-state index contributed by atoms with van der Waals surface area (Å²) in [4.78, 5) is 34.9. The number of esters is 2. The van der Waals surface area contributed by atoms with Crippen molar-refractivity contribution in [3.63, 3.8) is 0 Å². The molecule has 0 aliphatic rings. The summed E-state index contributed by atoms with van der Waals surface area (Å²) in [6, 6.07) is 0. The third kappa shape index (κ3) is 42.9. The molecule has 2 atom stereocenters. The van der Waals surface area contributed by atoms with Gasteiger partial charge < -0.3 is 20.1 Å². The minimum atomic E-state index is -4.40. The van der Waals surface area contributed by atoms with Gasteiger partial charge in [0.05, 0.1) is 13.2 Å². The topological polar surface area (TPSA) is 134 Å². The predicted octanol–water partition coefficient (Wildman–Crippen LogP) is 13.1. The highest BCUT2D eigenvalue weighted by Crippen LogP contribution is 2.43. The molecule has 0 rings (SSSR count). The summed E-state index contributed by atoms with van der Waals surface area (Å²) < 4.78 is 32.7. The number of unbranched alkanes of at least 4 members (excludes halogenated alkanes) is 16. The average Bonchev–Trinajstić information content (AvgIpc) is 3.20. The van der Waals surface area contributed by atoms with Gasteiger partial charge in [-0.05, 0) is 77.0 Å². The van der Waals surface area contributed by atoms with Crippen molar-refractivity contribution in [1.29, 1.82) is 0 Å². The lowest BCUT2D eigenvalue weighted by atomic mass is 10.1. The highest BCUT2D eigenvalue weighted by atomic mass is 31.2. The van der Waals surface area contributed by atoms with Crippen LogP contribution in [-0.4, -0.2) is 49.3 Å². The van der Waals surface area contributed by atoms with Crippen LogP contribution in [0.15, 0.2) is 72.9 Å². The fourth-order valence-corrected chi connectivity index (χ4v) is 6.55. The van der Waals surface area contributed by atoms with Crippen LogP contribution < -0.4 is 5.73 Å². The summed E-state index contributed by atoms with van der Waals surface area (Å²) in [5.41, 5.74) is 5.35. The molecule has 0 saturated heterocycles. The monoisotopic (exact) mass is 820 g/mol. The molecule has 0 spiro atoms. The van der Waals surface area contributed by atoms with E-state index in [2.05, 4.69) is 80.7 Å². The van der Waals surface area contributed by atoms with E-state index < -0.39 is 32.5 Å². The zero-order valence-corrected chi connectivity index (χ0v) is 36.9. The molecule has 0 saturated carbocycles. The molecule has 328 valence electrons. The molecule has 9 nitrogen and oxygen atoms in total. The standard InChI is InChI=1S/C47H82NO8P/c1-3-5-7-9-11-13-15-17-19-21-22-24-25-27-29-31-33-35-37-39-46(49)53-43-45(44-55-57(51,52)54-42-41-48)56-47(50)40-38-36-34-32-30-28-26-23-20-18-16-14-12-10-8-6-4-2/h6,8,12,14,17-20,26,28,32,34,45H,3-5,7,9-11,13,15-16,21-25,27,29-31,33,35-44,48H2,1-2H3,(H,51,52)/b8-6-,14-12-,19-17-,20-18-,28-26-,34-32-. The third-order valence-corrected chi connectivity index (χ3v) is 10.1. The molecule has 0 aromatic rings. The lowest BCUT2D eigenvalue weighted by molar-refractivity contribution is -0.161. The number of ether oxygens (including phenoxy) is 2. The molecule has 0 heterocycles. The first-order valence-corrected chi connectivity index (χ1v) is 23.9. The maximum Gasteiger partial charge on any atom is 0.472 e. The van der Waals surface area contributed by atoms with Gasteiger partial charge in [-0.25, -0.2) is 4.57 Å². The van der Waals surface area contributed by atoms with Crippen molar-refractivity contribution in [2.45, 2.75) is 187 Å². The zero-order valence-electron chi connectivity index (χ0n) is 36.0. The van der Waals surface area contributed by atoms with E-state index in [4.69, 9.17) is 24.3 Å². The highest BCUT2D eigenvalue weighted by molar-refractivity contribution is 7.47. The molecule has 0 aliphatic carbocycles. The first-order chi connectivity index (χ1) is 27.8. The molecule has 3 N–H and O–H groups in total. The van der Waals surface area contributed by atoms with Gasteiger partial charge in [0.15, 0.2) is 6.10 Å². The maximum atomic E-state index is 12.6. The molecule has 10 heteroatoms. The van der Waals surface area contributed by atoms with E-state index in [1.54, 1.807) is 0 Å². The summed E-state index contributed by atoms with van der Waals surface area (Å²) in [7, 11) is -4.40. The van der Waals surface area contributed by atoms with Gasteiger partial charge in [-0.2, -0.15) is 0 Å².